The van der Waals surface area contributed by atoms with Gasteiger partial charge in [0.25, 0.3) is 5.91 Å². The van der Waals surface area contributed by atoms with Crippen LogP contribution in [-0.4, -0.2) is 91.4 Å². The number of methoxy groups -OCH3 is 1. The van der Waals surface area contributed by atoms with Crippen molar-refractivity contribution in [2.75, 3.05) is 20.3 Å². The highest BCUT2D eigenvalue weighted by Gasteiger charge is 2.61. The standard InChI is InChI=1S/C40H49N5O9S/c1-7-25-22-40(25,37(48)44-55(50,51)29-15-16-29)43-34(46)19-26-18-28(23-45(26)36(47)35(39(3,4)5)42-38(49)53-8-2)54-33-21-31(24-12-10-9-11-13-24)41-32-20-27(52-6)14-17-30(32)33/h7,9-14,17,20-21,25-26,28-29,35H,1,8,15-16,18-19,22-23H2,2-6H3,(H,42,49)(H,43,46)(H,44,48)/t25-,26+,28-,35?,40?/m1/s1. The van der Waals surface area contributed by atoms with Gasteiger partial charge in [-0.05, 0) is 43.7 Å². The van der Waals surface area contributed by atoms with Gasteiger partial charge in [-0.1, -0.05) is 57.2 Å². The minimum Gasteiger partial charge on any atom is -0.497 e. The van der Waals surface area contributed by atoms with Gasteiger partial charge in [0, 0.05) is 47.9 Å². The highest BCUT2D eigenvalue weighted by Crippen LogP contribution is 2.45. The number of benzene rings is 2. The van der Waals surface area contributed by atoms with Crippen LogP contribution in [0, 0.1) is 11.3 Å². The molecule has 2 aliphatic carbocycles. The van der Waals surface area contributed by atoms with Crippen LogP contribution < -0.4 is 24.8 Å². The molecule has 1 saturated heterocycles. The lowest BCUT2D eigenvalue weighted by atomic mass is 9.85. The number of hydrogen-bond donors (Lipinski definition) is 3. The first-order chi connectivity index (χ1) is 26.1. The predicted octanol–water partition coefficient (Wildman–Crippen LogP) is 4.48. The maximum absolute atomic E-state index is 14.5. The van der Waals surface area contributed by atoms with Gasteiger partial charge in [-0.2, -0.15) is 0 Å². The fourth-order valence-corrected chi connectivity index (χ4v) is 8.46. The lowest BCUT2D eigenvalue weighted by Crippen LogP contribution is -2.57. The Morgan fingerprint density at radius 2 is 1.82 bits per heavy atom. The molecule has 4 amide bonds. The number of pyridine rings is 1. The van der Waals surface area contributed by atoms with Crippen molar-refractivity contribution in [3.05, 3.63) is 67.3 Å². The van der Waals surface area contributed by atoms with E-state index in [0.29, 0.717) is 35.6 Å². The summed E-state index contributed by atoms with van der Waals surface area (Å²) in [4.78, 5) is 60.8. The average molecular weight is 776 g/mol. The fraction of sp³-hybridized carbons (Fsp3) is 0.475. The van der Waals surface area contributed by atoms with Crippen LogP contribution in [0.15, 0.2) is 67.3 Å². The van der Waals surface area contributed by atoms with E-state index >= 15 is 0 Å². The number of nitrogens with one attached hydrogen (secondary N) is 3. The summed E-state index contributed by atoms with van der Waals surface area (Å²) < 4.78 is 44.7. The number of sulfonamides is 1. The summed E-state index contributed by atoms with van der Waals surface area (Å²) >= 11 is 0. The van der Waals surface area contributed by atoms with Crippen LogP contribution >= 0.6 is 0 Å². The maximum atomic E-state index is 14.5. The molecule has 0 radical (unpaired) electrons. The fourth-order valence-electron chi connectivity index (χ4n) is 7.09. The second-order valence-electron chi connectivity index (χ2n) is 15.5. The summed E-state index contributed by atoms with van der Waals surface area (Å²) in [6, 6.07) is 15.2. The van der Waals surface area contributed by atoms with Gasteiger partial charge in [-0.3, -0.25) is 19.1 Å². The molecule has 294 valence electrons. The first-order valence-corrected chi connectivity index (χ1v) is 20.1. The summed E-state index contributed by atoms with van der Waals surface area (Å²) in [6.45, 7) is 11.1. The average Bonchev–Trinajstić information content (AvgIpc) is 4.07. The molecule has 2 heterocycles. The van der Waals surface area contributed by atoms with Crippen LogP contribution in [0.5, 0.6) is 11.5 Å². The normalized spacial score (nSPS) is 22.6. The monoisotopic (exact) mass is 775 g/mol. The van der Waals surface area contributed by atoms with Crippen LogP contribution in [-0.2, 0) is 29.1 Å². The van der Waals surface area contributed by atoms with Gasteiger partial charge in [0.2, 0.25) is 21.8 Å². The van der Waals surface area contributed by atoms with E-state index in [4.69, 9.17) is 19.2 Å². The van der Waals surface area contributed by atoms with Gasteiger partial charge in [0.15, 0.2) is 0 Å². The molecule has 14 nitrogen and oxygen atoms in total. The number of rotatable bonds is 14. The van der Waals surface area contributed by atoms with E-state index in [2.05, 4.69) is 21.9 Å². The second kappa shape index (κ2) is 15.5. The summed E-state index contributed by atoms with van der Waals surface area (Å²) in [5.74, 6) is -1.12. The zero-order valence-electron chi connectivity index (χ0n) is 31.8. The first-order valence-electron chi connectivity index (χ1n) is 18.5. The van der Waals surface area contributed by atoms with E-state index < -0.39 is 74.1 Å². The highest BCUT2D eigenvalue weighted by molar-refractivity contribution is 7.91. The van der Waals surface area contributed by atoms with Crippen molar-refractivity contribution >= 4 is 44.7 Å². The Labute approximate surface area is 321 Å². The lowest BCUT2D eigenvalue weighted by Gasteiger charge is -2.35. The van der Waals surface area contributed by atoms with Gasteiger partial charge in [-0.15, -0.1) is 6.58 Å². The third kappa shape index (κ3) is 8.71. The SMILES string of the molecule is C=C[C@@H]1CC1(NC(=O)C[C@@H]1C[C@@H](Oc2cc(-c3ccccc3)nc3cc(OC)ccc23)CN1C(=O)C(NC(=O)OCC)C(C)(C)C)C(=O)NS(=O)(=O)C1CC1. The molecular formula is C40H49N5O9S. The lowest BCUT2D eigenvalue weighted by molar-refractivity contribution is -0.138. The zero-order chi connectivity index (χ0) is 39.7. The third-order valence-electron chi connectivity index (χ3n) is 10.3. The van der Waals surface area contributed by atoms with Crippen LogP contribution in [0.2, 0.25) is 0 Å². The smallest absolute Gasteiger partial charge is 0.407 e. The predicted molar refractivity (Wildman–Crippen MR) is 206 cm³/mol. The van der Waals surface area contributed by atoms with E-state index in [1.165, 1.54) is 6.08 Å². The highest BCUT2D eigenvalue weighted by atomic mass is 32.2. The molecule has 55 heavy (non-hydrogen) atoms. The van der Waals surface area contributed by atoms with Crippen molar-refractivity contribution in [3.63, 3.8) is 0 Å². The molecule has 0 spiro atoms. The molecule has 2 aromatic carbocycles. The van der Waals surface area contributed by atoms with E-state index in [0.717, 1.165) is 10.9 Å². The molecule has 1 aromatic heterocycles. The van der Waals surface area contributed by atoms with Crippen LogP contribution in [0.25, 0.3) is 22.2 Å². The molecule has 2 saturated carbocycles. The molecule has 3 N–H and O–H groups in total. The Hall–Kier alpha value is -5.18. The Kier molecular flexibility index (Phi) is 11.1. The van der Waals surface area contributed by atoms with Gasteiger partial charge >= 0.3 is 6.09 Å². The van der Waals surface area contributed by atoms with Crippen molar-refractivity contribution in [1.29, 1.82) is 0 Å². The van der Waals surface area contributed by atoms with Crippen LogP contribution in [0.1, 0.15) is 59.8 Å². The quantitative estimate of drug-likeness (QED) is 0.198. The summed E-state index contributed by atoms with van der Waals surface area (Å²) in [6.07, 6.45) is 1.32. The zero-order valence-corrected chi connectivity index (χ0v) is 32.6. The van der Waals surface area contributed by atoms with E-state index in [-0.39, 0.29) is 32.4 Å². The third-order valence-corrected chi connectivity index (χ3v) is 12.2. The summed E-state index contributed by atoms with van der Waals surface area (Å²) in [5.41, 5.74) is -0.0562. The number of alkyl carbamates (subject to hydrolysis) is 1. The Morgan fingerprint density at radius 1 is 1.09 bits per heavy atom. The van der Waals surface area contributed by atoms with Gasteiger partial charge in [0.05, 0.1) is 36.7 Å². The van der Waals surface area contributed by atoms with Crippen molar-refractivity contribution < 1.29 is 41.8 Å². The van der Waals surface area contributed by atoms with Gasteiger partial charge in [0.1, 0.15) is 29.2 Å². The largest absolute Gasteiger partial charge is 0.497 e. The summed E-state index contributed by atoms with van der Waals surface area (Å²) in [5, 5.41) is 5.60. The van der Waals surface area contributed by atoms with Crippen molar-refractivity contribution in [3.8, 4) is 22.8 Å². The molecular weight excluding hydrogens is 727 g/mol. The van der Waals surface area contributed by atoms with Crippen molar-refractivity contribution in [2.45, 2.75) is 88.8 Å². The number of ether oxygens (including phenoxy) is 3. The number of hydrogen-bond acceptors (Lipinski definition) is 10. The number of carbonyl (C=O) groups excluding carboxylic acids is 4. The second-order valence-corrected chi connectivity index (χ2v) is 17.4. The van der Waals surface area contributed by atoms with Crippen LogP contribution in [0.3, 0.4) is 0 Å². The van der Waals surface area contributed by atoms with Gasteiger partial charge in [-0.25, -0.2) is 18.2 Å². The molecule has 2 unspecified atom stereocenters. The number of amides is 4. The van der Waals surface area contributed by atoms with Crippen LogP contribution in [0.4, 0.5) is 4.79 Å². The number of fused-ring (bicyclic) bond motifs is 1. The molecule has 1 aliphatic heterocycles. The Bertz CT molecular complexity index is 2080. The molecule has 3 aromatic rings. The Balaban J connectivity index is 1.30. The minimum absolute atomic E-state index is 0.0784. The molecule has 0 bridgehead atoms. The molecule has 3 fully saturated rings. The van der Waals surface area contributed by atoms with Crippen molar-refractivity contribution in [1.82, 2.24) is 25.2 Å². The molecule has 5 atom stereocenters. The maximum Gasteiger partial charge on any atom is 0.407 e. The van der Waals surface area contributed by atoms with E-state index in [1.54, 1.807) is 18.9 Å². The Morgan fingerprint density at radius 3 is 2.44 bits per heavy atom. The van der Waals surface area contributed by atoms with E-state index in [9.17, 15) is 27.6 Å². The van der Waals surface area contributed by atoms with Gasteiger partial charge < -0.3 is 29.7 Å². The number of carbonyl (C=O) groups is 4. The van der Waals surface area contributed by atoms with E-state index in [1.807, 2.05) is 75.4 Å². The molecule has 6 rings (SSSR count). The first kappa shape index (κ1) is 39.5. The topological polar surface area (TPSA) is 182 Å². The molecule has 3 aliphatic rings. The van der Waals surface area contributed by atoms with Crippen molar-refractivity contribution in [2.24, 2.45) is 11.3 Å². The number of nitrogens with zero attached hydrogens (tertiary/aromatic N) is 2. The number of likely N-dealkylation sites (tertiary alicyclic amines) is 1. The number of aromatic nitrogens is 1. The summed E-state index contributed by atoms with van der Waals surface area (Å²) in [7, 11) is -2.29. The molecule has 15 heteroatoms. The minimum atomic E-state index is -3.87.